The predicted octanol–water partition coefficient (Wildman–Crippen LogP) is 18.2. The molecule has 0 aromatic heterocycles. The van der Waals surface area contributed by atoms with Crippen LogP contribution in [0.2, 0.25) is 0 Å². The highest BCUT2D eigenvalue weighted by molar-refractivity contribution is 6.14. The van der Waals surface area contributed by atoms with Crippen molar-refractivity contribution in [3.63, 3.8) is 0 Å². The van der Waals surface area contributed by atoms with E-state index in [1.807, 2.05) is 0 Å². The van der Waals surface area contributed by atoms with Crippen molar-refractivity contribution in [1.29, 1.82) is 0 Å². The standard InChI is InChI=1S/C67H51N/c1-44-18-15-29-56-57-30-16-19-45(2)65(57)61(43-59(44)56)47-36-40-52(41-37-47)68(51-38-34-46(35-39-51)60-42-48-20-9-10-25-53(48)54-26-11-12-27-55(54)60)64-33-17-32-63-66(64)58-28-13-14-31-62(58)67(63,49-21-5-3-6-22-49)50-23-7-4-8-24-50/h3-17,20-45H,18-19H2,1-2H3. The van der Waals surface area contributed by atoms with Crippen molar-refractivity contribution < 1.29 is 0 Å². The van der Waals surface area contributed by atoms with Crippen molar-refractivity contribution >= 4 is 50.8 Å². The molecular weight excluding hydrogens is 819 g/mol. The summed E-state index contributed by atoms with van der Waals surface area (Å²) in [6.45, 7) is 4.78. The summed E-state index contributed by atoms with van der Waals surface area (Å²) < 4.78 is 0. The number of rotatable bonds is 7. The SMILES string of the molecule is CC1CC=Cc2c1cc(-c1ccc(N(c3ccc(-c4cc5ccccc5c5ccccc45)cc3)c3cccc4c3-c3ccccc3C4(c3ccccc3)c3ccccc3)cc1)c1c2C=CCC1C. The Kier molecular flexibility index (Phi) is 9.54. The van der Waals surface area contributed by atoms with Crippen molar-refractivity contribution in [3.8, 4) is 33.4 Å². The van der Waals surface area contributed by atoms with Crippen LogP contribution in [0.5, 0.6) is 0 Å². The maximum atomic E-state index is 2.52. The molecule has 3 aliphatic rings. The lowest BCUT2D eigenvalue weighted by atomic mass is 9.68. The Bertz CT molecular complexity index is 3590. The lowest BCUT2D eigenvalue weighted by Gasteiger charge is -2.34. The van der Waals surface area contributed by atoms with Gasteiger partial charge in [0, 0.05) is 16.9 Å². The maximum Gasteiger partial charge on any atom is 0.0714 e. The van der Waals surface area contributed by atoms with Crippen LogP contribution in [-0.2, 0) is 5.41 Å². The van der Waals surface area contributed by atoms with E-state index in [1.54, 1.807) is 0 Å². The van der Waals surface area contributed by atoms with Crippen LogP contribution in [0.1, 0.15) is 83.0 Å². The second-order valence-electron chi connectivity index (χ2n) is 19.2. The molecule has 68 heavy (non-hydrogen) atoms. The summed E-state index contributed by atoms with van der Waals surface area (Å²) in [4.78, 5) is 2.51. The summed E-state index contributed by atoms with van der Waals surface area (Å²) in [5.74, 6) is 0.925. The Hall–Kier alpha value is -8.00. The first-order chi connectivity index (χ1) is 33.6. The molecule has 324 valence electrons. The van der Waals surface area contributed by atoms with Crippen molar-refractivity contribution in [1.82, 2.24) is 0 Å². The molecule has 0 saturated carbocycles. The van der Waals surface area contributed by atoms with Gasteiger partial charge in [-0.1, -0.05) is 208 Å². The highest BCUT2D eigenvalue weighted by Crippen LogP contribution is 2.59. The van der Waals surface area contributed by atoms with Gasteiger partial charge in [-0.2, -0.15) is 0 Å². The maximum absolute atomic E-state index is 2.52. The van der Waals surface area contributed by atoms with Crippen LogP contribution in [0.15, 0.2) is 224 Å². The number of hydrogen-bond donors (Lipinski definition) is 0. The van der Waals surface area contributed by atoms with Gasteiger partial charge in [-0.05, 0) is 161 Å². The van der Waals surface area contributed by atoms with Crippen LogP contribution in [0, 0.1) is 0 Å². The zero-order chi connectivity index (χ0) is 45.3. The van der Waals surface area contributed by atoms with Crippen LogP contribution in [0.4, 0.5) is 17.1 Å². The van der Waals surface area contributed by atoms with Crippen molar-refractivity contribution in [2.24, 2.45) is 0 Å². The third-order valence-corrected chi connectivity index (χ3v) is 15.4. The summed E-state index contributed by atoms with van der Waals surface area (Å²) in [6.07, 6.45) is 11.6. The molecule has 0 N–H and O–H groups in total. The summed E-state index contributed by atoms with van der Waals surface area (Å²) in [5, 5.41) is 5.08. The predicted molar refractivity (Wildman–Crippen MR) is 288 cm³/mol. The fraction of sp³-hybridized carbons (Fsp3) is 0.104. The first kappa shape index (κ1) is 40.3. The molecule has 1 heteroatoms. The number of benzene rings is 10. The summed E-state index contributed by atoms with van der Waals surface area (Å²) in [6, 6.07) is 79.6. The van der Waals surface area contributed by atoms with Gasteiger partial charge in [0.15, 0.2) is 0 Å². The number of anilines is 3. The summed E-state index contributed by atoms with van der Waals surface area (Å²) >= 11 is 0. The monoisotopic (exact) mass is 869 g/mol. The largest absolute Gasteiger partial charge is 0.310 e. The molecule has 10 aromatic rings. The van der Waals surface area contributed by atoms with Gasteiger partial charge in [-0.25, -0.2) is 0 Å². The highest BCUT2D eigenvalue weighted by atomic mass is 15.1. The fourth-order valence-corrected chi connectivity index (χ4v) is 12.3. The number of allylic oxidation sites excluding steroid dienone is 2. The minimum Gasteiger partial charge on any atom is -0.310 e. The summed E-state index contributed by atoms with van der Waals surface area (Å²) in [7, 11) is 0. The molecular formula is C67H51N. The smallest absolute Gasteiger partial charge is 0.0714 e. The van der Waals surface area contributed by atoms with Gasteiger partial charge in [-0.15, -0.1) is 0 Å². The summed E-state index contributed by atoms with van der Waals surface area (Å²) in [5.41, 5.74) is 21.4. The van der Waals surface area contributed by atoms with E-state index in [-0.39, 0.29) is 0 Å². The van der Waals surface area contributed by atoms with Crippen LogP contribution in [-0.4, -0.2) is 0 Å². The number of hydrogen-bond acceptors (Lipinski definition) is 1. The van der Waals surface area contributed by atoms with Crippen LogP contribution in [0.3, 0.4) is 0 Å². The van der Waals surface area contributed by atoms with Crippen molar-refractivity contribution in [3.05, 3.63) is 269 Å². The average Bonchev–Trinajstić information content (AvgIpc) is 3.71. The fourth-order valence-electron chi connectivity index (χ4n) is 12.3. The Morgan fingerprint density at radius 1 is 0.426 bits per heavy atom. The van der Waals surface area contributed by atoms with Gasteiger partial charge in [0.2, 0.25) is 0 Å². The molecule has 2 atom stereocenters. The minimum absolute atomic E-state index is 0.441. The molecule has 10 aromatic carbocycles. The number of nitrogens with zero attached hydrogens (tertiary/aromatic N) is 1. The van der Waals surface area contributed by atoms with E-state index in [2.05, 4.69) is 255 Å². The van der Waals surface area contributed by atoms with E-state index < -0.39 is 5.41 Å². The molecule has 0 radical (unpaired) electrons. The Balaban J connectivity index is 1.02. The topological polar surface area (TPSA) is 3.24 Å². The molecule has 0 bridgehead atoms. The van der Waals surface area contributed by atoms with Crippen LogP contribution < -0.4 is 4.90 Å². The first-order valence-electron chi connectivity index (χ1n) is 24.4. The van der Waals surface area contributed by atoms with Gasteiger partial charge < -0.3 is 4.90 Å². The van der Waals surface area contributed by atoms with E-state index in [0.29, 0.717) is 11.8 Å². The minimum atomic E-state index is -0.510. The quantitative estimate of drug-likeness (QED) is 0.144. The third kappa shape index (κ3) is 6.15. The zero-order valence-corrected chi connectivity index (χ0v) is 38.5. The normalized spacial score (nSPS) is 16.3. The van der Waals surface area contributed by atoms with E-state index >= 15 is 0 Å². The second-order valence-corrected chi connectivity index (χ2v) is 19.2. The van der Waals surface area contributed by atoms with E-state index in [4.69, 9.17) is 0 Å². The zero-order valence-electron chi connectivity index (χ0n) is 38.5. The molecule has 0 aliphatic heterocycles. The Morgan fingerprint density at radius 3 is 1.69 bits per heavy atom. The van der Waals surface area contributed by atoms with Crippen LogP contribution in [0.25, 0.3) is 67.1 Å². The molecule has 0 heterocycles. The van der Waals surface area contributed by atoms with Crippen molar-refractivity contribution in [2.75, 3.05) is 4.90 Å². The van der Waals surface area contributed by atoms with Gasteiger partial charge in [0.1, 0.15) is 0 Å². The van der Waals surface area contributed by atoms with Gasteiger partial charge >= 0.3 is 0 Å². The van der Waals surface area contributed by atoms with E-state index in [0.717, 1.165) is 29.9 Å². The molecule has 0 fully saturated rings. The average molecular weight is 870 g/mol. The second kappa shape index (κ2) is 16.1. The molecule has 1 nitrogen and oxygen atoms in total. The molecule has 0 spiro atoms. The number of fused-ring (bicyclic) bond motifs is 9. The van der Waals surface area contributed by atoms with E-state index in [9.17, 15) is 0 Å². The van der Waals surface area contributed by atoms with Gasteiger partial charge in [-0.3, -0.25) is 0 Å². The van der Waals surface area contributed by atoms with E-state index in [1.165, 1.54) is 99.4 Å². The highest BCUT2D eigenvalue weighted by Gasteiger charge is 2.47. The lowest BCUT2D eigenvalue weighted by Crippen LogP contribution is -2.28. The third-order valence-electron chi connectivity index (χ3n) is 15.4. The lowest BCUT2D eigenvalue weighted by molar-refractivity contribution is 0.752. The molecule has 2 unspecified atom stereocenters. The van der Waals surface area contributed by atoms with Gasteiger partial charge in [0.05, 0.1) is 11.1 Å². The molecule has 13 rings (SSSR count). The Labute approximate surface area is 400 Å². The van der Waals surface area contributed by atoms with Gasteiger partial charge in [0.25, 0.3) is 0 Å². The van der Waals surface area contributed by atoms with Crippen LogP contribution >= 0.6 is 0 Å². The molecule has 3 aliphatic carbocycles. The van der Waals surface area contributed by atoms with Crippen molar-refractivity contribution in [2.45, 2.75) is 43.9 Å². The Morgan fingerprint density at radius 2 is 0.985 bits per heavy atom. The molecule has 0 amide bonds. The first-order valence-corrected chi connectivity index (χ1v) is 24.4. The molecule has 0 saturated heterocycles.